The van der Waals surface area contributed by atoms with E-state index in [9.17, 15) is 9.90 Å². The van der Waals surface area contributed by atoms with Crippen molar-refractivity contribution in [3.05, 3.63) is 63.6 Å². The lowest BCUT2D eigenvalue weighted by Crippen LogP contribution is -2.07. The Balaban J connectivity index is 1.67. The Kier molecular flexibility index (Phi) is 5.06. The van der Waals surface area contributed by atoms with Gasteiger partial charge in [0.15, 0.2) is 0 Å². The molecular weight excluding hydrogens is 365 g/mol. The van der Waals surface area contributed by atoms with Gasteiger partial charge in [0.2, 0.25) is 11.9 Å². The van der Waals surface area contributed by atoms with Gasteiger partial charge in [-0.15, -0.1) is 5.10 Å². The minimum absolute atomic E-state index is 0.234. The highest BCUT2D eigenvalue weighted by Crippen LogP contribution is 2.24. The van der Waals surface area contributed by atoms with Crippen LogP contribution in [0.15, 0.2) is 42.5 Å². The van der Waals surface area contributed by atoms with Crippen LogP contribution in [0.1, 0.15) is 15.9 Å². The van der Waals surface area contributed by atoms with Gasteiger partial charge in [-0.25, -0.2) is 9.89 Å². The van der Waals surface area contributed by atoms with E-state index in [1.54, 1.807) is 42.5 Å². The average molecular weight is 378 g/mol. The molecule has 0 bridgehead atoms. The first-order valence-electron chi connectivity index (χ1n) is 7.22. The van der Waals surface area contributed by atoms with Gasteiger partial charge >= 0.3 is 5.97 Å². The number of carboxylic acid groups (broad SMARTS) is 1. The number of aromatic carboxylic acids is 1. The van der Waals surface area contributed by atoms with E-state index < -0.39 is 5.97 Å². The van der Waals surface area contributed by atoms with Crippen LogP contribution in [-0.2, 0) is 6.54 Å². The number of halogens is 2. The molecule has 3 aromatic rings. The molecule has 0 unspecified atom stereocenters. The second-order valence-corrected chi connectivity index (χ2v) is 5.98. The Morgan fingerprint density at radius 1 is 1.16 bits per heavy atom. The molecule has 1 heterocycles. The summed E-state index contributed by atoms with van der Waals surface area (Å²) in [4.78, 5) is 15.4. The van der Waals surface area contributed by atoms with Crippen LogP contribution in [0.4, 0.5) is 17.6 Å². The highest BCUT2D eigenvalue weighted by molar-refractivity contribution is 6.35. The zero-order valence-electron chi connectivity index (χ0n) is 12.8. The monoisotopic (exact) mass is 377 g/mol. The largest absolute Gasteiger partial charge is 0.478 e. The number of carboxylic acids is 1. The van der Waals surface area contributed by atoms with Gasteiger partial charge in [-0.05, 0) is 29.8 Å². The summed E-state index contributed by atoms with van der Waals surface area (Å²) in [6, 6.07) is 11.8. The van der Waals surface area contributed by atoms with E-state index in [4.69, 9.17) is 23.2 Å². The summed E-state index contributed by atoms with van der Waals surface area (Å²) < 4.78 is 0. The van der Waals surface area contributed by atoms with E-state index in [-0.39, 0.29) is 12.1 Å². The summed E-state index contributed by atoms with van der Waals surface area (Å²) in [5.74, 6) is -0.254. The topological polar surface area (TPSA) is 103 Å². The maximum atomic E-state index is 11.2. The van der Waals surface area contributed by atoms with E-state index in [1.165, 1.54) is 0 Å². The summed E-state index contributed by atoms with van der Waals surface area (Å²) in [7, 11) is 0. The standard InChI is InChI=1S/C16H13Cl2N5O2/c17-10-5-11(18)7-12(6-10)20-16-21-15(22-23-16)19-8-9-3-1-2-4-13(9)14(24)25/h1-7H,8H2,(H,24,25)(H3,19,20,21,22,23). The molecule has 0 aliphatic rings. The molecule has 9 heteroatoms. The number of aromatic nitrogens is 3. The third-order valence-electron chi connectivity index (χ3n) is 3.30. The fourth-order valence-electron chi connectivity index (χ4n) is 2.22. The van der Waals surface area contributed by atoms with Gasteiger partial charge in [-0.2, -0.15) is 4.98 Å². The summed E-state index contributed by atoms with van der Waals surface area (Å²) >= 11 is 11.9. The van der Waals surface area contributed by atoms with Crippen molar-refractivity contribution in [2.24, 2.45) is 0 Å². The van der Waals surface area contributed by atoms with Crippen molar-refractivity contribution >= 4 is 46.8 Å². The summed E-state index contributed by atoms with van der Waals surface area (Å²) in [5, 5.41) is 22.9. The first-order chi connectivity index (χ1) is 12.0. The number of benzene rings is 2. The summed E-state index contributed by atoms with van der Waals surface area (Å²) in [5.41, 5.74) is 1.53. The molecule has 1 aromatic heterocycles. The summed E-state index contributed by atoms with van der Waals surface area (Å²) in [6.07, 6.45) is 0. The highest BCUT2D eigenvalue weighted by Gasteiger charge is 2.10. The Morgan fingerprint density at radius 3 is 2.60 bits per heavy atom. The van der Waals surface area contributed by atoms with Gasteiger partial charge in [0.1, 0.15) is 0 Å². The number of aromatic amines is 1. The number of hydrogen-bond acceptors (Lipinski definition) is 5. The van der Waals surface area contributed by atoms with Gasteiger partial charge < -0.3 is 15.7 Å². The number of hydrogen-bond donors (Lipinski definition) is 4. The fourth-order valence-corrected chi connectivity index (χ4v) is 2.74. The molecular formula is C16H13Cl2N5O2. The van der Waals surface area contributed by atoms with E-state index in [1.807, 2.05) is 0 Å². The molecule has 4 N–H and O–H groups in total. The number of anilines is 3. The van der Waals surface area contributed by atoms with E-state index in [0.29, 0.717) is 33.2 Å². The van der Waals surface area contributed by atoms with Gasteiger partial charge in [0.25, 0.3) is 0 Å². The van der Waals surface area contributed by atoms with Gasteiger partial charge in [-0.3, -0.25) is 0 Å². The first-order valence-corrected chi connectivity index (χ1v) is 7.97. The minimum atomic E-state index is -0.979. The number of H-pyrrole nitrogens is 1. The predicted molar refractivity (Wildman–Crippen MR) is 96.9 cm³/mol. The fraction of sp³-hybridized carbons (Fsp3) is 0.0625. The SMILES string of the molecule is O=C(O)c1ccccc1CNc1n[nH]c(Nc2cc(Cl)cc(Cl)c2)n1. The second kappa shape index (κ2) is 7.42. The van der Waals surface area contributed by atoms with Crippen LogP contribution in [0.5, 0.6) is 0 Å². The number of nitrogens with one attached hydrogen (secondary N) is 3. The molecule has 3 rings (SSSR count). The van der Waals surface area contributed by atoms with E-state index >= 15 is 0 Å². The maximum absolute atomic E-state index is 11.2. The molecule has 0 fully saturated rings. The highest BCUT2D eigenvalue weighted by atomic mass is 35.5. The van der Waals surface area contributed by atoms with Crippen LogP contribution < -0.4 is 10.6 Å². The number of nitrogens with zero attached hydrogens (tertiary/aromatic N) is 2. The number of carbonyl (C=O) groups is 1. The third kappa shape index (κ3) is 4.40. The van der Waals surface area contributed by atoms with Crippen LogP contribution in [-0.4, -0.2) is 26.3 Å². The minimum Gasteiger partial charge on any atom is -0.478 e. The Bertz CT molecular complexity index is 893. The molecule has 7 nitrogen and oxygen atoms in total. The summed E-state index contributed by atoms with van der Waals surface area (Å²) in [6.45, 7) is 0.281. The molecule has 0 saturated heterocycles. The number of rotatable bonds is 6. The van der Waals surface area contributed by atoms with Crippen molar-refractivity contribution in [1.29, 1.82) is 0 Å². The molecule has 0 amide bonds. The first kappa shape index (κ1) is 17.1. The smallest absolute Gasteiger partial charge is 0.336 e. The normalized spacial score (nSPS) is 10.5. The Labute approximate surface area is 153 Å². The quantitative estimate of drug-likeness (QED) is 0.514. The Morgan fingerprint density at radius 2 is 1.88 bits per heavy atom. The van der Waals surface area contributed by atoms with E-state index in [2.05, 4.69) is 25.8 Å². The van der Waals surface area contributed by atoms with Crippen LogP contribution >= 0.6 is 23.2 Å². The maximum Gasteiger partial charge on any atom is 0.336 e. The molecule has 128 valence electrons. The van der Waals surface area contributed by atoms with Gasteiger partial charge in [0.05, 0.1) is 5.56 Å². The predicted octanol–water partition coefficient (Wildman–Crippen LogP) is 4.17. The van der Waals surface area contributed by atoms with Crippen LogP contribution in [0.3, 0.4) is 0 Å². The van der Waals surface area contributed by atoms with Crippen LogP contribution in [0.2, 0.25) is 10.0 Å². The van der Waals surface area contributed by atoms with Crippen molar-refractivity contribution in [3.8, 4) is 0 Å². The molecule has 0 aliphatic carbocycles. The Hall–Kier alpha value is -2.77. The molecule has 0 spiro atoms. The van der Waals surface area contributed by atoms with Crippen molar-refractivity contribution in [2.75, 3.05) is 10.6 Å². The van der Waals surface area contributed by atoms with Crippen molar-refractivity contribution in [1.82, 2.24) is 15.2 Å². The van der Waals surface area contributed by atoms with Gasteiger partial charge in [-0.1, -0.05) is 41.4 Å². The van der Waals surface area contributed by atoms with Crippen molar-refractivity contribution in [2.45, 2.75) is 6.54 Å². The lowest BCUT2D eigenvalue weighted by Gasteiger charge is -2.06. The zero-order valence-corrected chi connectivity index (χ0v) is 14.3. The van der Waals surface area contributed by atoms with E-state index in [0.717, 1.165) is 0 Å². The molecule has 2 aromatic carbocycles. The third-order valence-corrected chi connectivity index (χ3v) is 3.73. The van der Waals surface area contributed by atoms with Gasteiger partial charge in [0, 0.05) is 22.3 Å². The van der Waals surface area contributed by atoms with Crippen LogP contribution in [0, 0.1) is 0 Å². The van der Waals surface area contributed by atoms with Crippen molar-refractivity contribution < 1.29 is 9.90 Å². The molecule has 0 radical (unpaired) electrons. The van der Waals surface area contributed by atoms with Crippen molar-refractivity contribution in [3.63, 3.8) is 0 Å². The lowest BCUT2D eigenvalue weighted by atomic mass is 10.1. The average Bonchev–Trinajstić information content (AvgIpc) is 2.99. The molecule has 0 saturated carbocycles. The zero-order chi connectivity index (χ0) is 17.8. The second-order valence-electron chi connectivity index (χ2n) is 5.11. The lowest BCUT2D eigenvalue weighted by molar-refractivity contribution is 0.0696. The molecule has 0 aliphatic heterocycles. The molecule has 0 atom stereocenters. The van der Waals surface area contributed by atoms with Crippen LogP contribution in [0.25, 0.3) is 0 Å². The molecule has 25 heavy (non-hydrogen) atoms.